The molecule has 144 valence electrons. The number of aliphatic hydroxyl groups is 1. The van der Waals surface area contributed by atoms with Crippen LogP contribution in [-0.4, -0.2) is 51.5 Å². The van der Waals surface area contributed by atoms with Crippen molar-refractivity contribution in [1.82, 2.24) is 15.1 Å². The highest BCUT2D eigenvalue weighted by atomic mass is 16.5. The second-order valence-corrected chi connectivity index (χ2v) is 6.63. The molecule has 1 amide bonds. The Morgan fingerprint density at radius 2 is 1.93 bits per heavy atom. The number of hydrogen-bond acceptors (Lipinski definition) is 5. The predicted molar refractivity (Wildman–Crippen MR) is 103 cm³/mol. The van der Waals surface area contributed by atoms with Gasteiger partial charge in [0.25, 0.3) is 5.91 Å². The molecule has 1 aliphatic heterocycles. The average Bonchev–Trinajstić information content (AvgIpc) is 3.26. The largest absolute Gasteiger partial charge is 0.507 e. The zero-order valence-electron chi connectivity index (χ0n) is 15.4. The molecule has 0 aliphatic carbocycles. The monoisotopic (exact) mass is 379 g/mol. The van der Waals surface area contributed by atoms with Crippen molar-refractivity contribution in [3.05, 3.63) is 65.4 Å². The maximum Gasteiger partial charge on any atom is 0.273 e. The van der Waals surface area contributed by atoms with Crippen LogP contribution in [0.1, 0.15) is 34.1 Å². The van der Waals surface area contributed by atoms with Crippen molar-refractivity contribution < 1.29 is 19.7 Å². The fourth-order valence-corrected chi connectivity index (χ4v) is 3.68. The lowest BCUT2D eigenvalue weighted by atomic mass is 9.95. The minimum Gasteiger partial charge on any atom is -0.507 e. The molecule has 2 aromatic carbocycles. The smallest absolute Gasteiger partial charge is 0.273 e. The number of para-hydroxylation sites is 1. The molecule has 3 aromatic rings. The highest BCUT2D eigenvalue weighted by molar-refractivity contribution is 6.00. The summed E-state index contributed by atoms with van der Waals surface area (Å²) in [6.07, 6.45) is 0.474. The van der Waals surface area contributed by atoms with Gasteiger partial charge in [-0.3, -0.25) is 9.89 Å². The molecule has 1 aliphatic rings. The first-order valence-electron chi connectivity index (χ1n) is 9.08. The van der Waals surface area contributed by atoms with Crippen molar-refractivity contribution in [1.29, 1.82) is 0 Å². The number of fused-ring (bicyclic) bond motifs is 1. The minimum atomic E-state index is -0.367. The number of amides is 1. The summed E-state index contributed by atoms with van der Waals surface area (Å²) in [6, 6.07) is 14.1. The van der Waals surface area contributed by atoms with Gasteiger partial charge in [0.2, 0.25) is 0 Å². The maximum absolute atomic E-state index is 13.0. The summed E-state index contributed by atoms with van der Waals surface area (Å²) in [7, 11) is 1.60. The molecule has 0 saturated heterocycles. The molecule has 0 saturated carbocycles. The van der Waals surface area contributed by atoms with Gasteiger partial charge in [0, 0.05) is 24.3 Å². The van der Waals surface area contributed by atoms with E-state index in [1.807, 2.05) is 30.3 Å². The fraction of sp³-hybridized carbons (Fsp3) is 0.238. The lowest BCUT2D eigenvalue weighted by molar-refractivity contribution is 0.0732. The number of aromatic nitrogens is 2. The van der Waals surface area contributed by atoms with Gasteiger partial charge in [-0.15, -0.1) is 0 Å². The molecule has 0 radical (unpaired) electrons. The molecule has 3 N–H and O–H groups in total. The summed E-state index contributed by atoms with van der Waals surface area (Å²) in [6.45, 7) is 0.409. The Morgan fingerprint density at radius 1 is 1.18 bits per heavy atom. The quantitative estimate of drug-likeness (QED) is 0.612. The number of phenols is 1. The van der Waals surface area contributed by atoms with Crippen LogP contribution in [0, 0.1) is 0 Å². The highest BCUT2D eigenvalue weighted by Crippen LogP contribution is 2.44. The molecule has 2 heterocycles. The van der Waals surface area contributed by atoms with Crippen LogP contribution in [-0.2, 0) is 0 Å². The standard InChI is InChI=1S/C21H21N3O4/c1-28-14-9-7-13(8-10-14)20-17-18(15-5-2-3-6-16(15)26)22-23-19(17)21(27)24(20)11-4-12-25/h2-3,5-10,20,25-26H,4,11-12H2,1H3,(H,22,23). The van der Waals surface area contributed by atoms with Crippen molar-refractivity contribution in [2.75, 3.05) is 20.3 Å². The average molecular weight is 379 g/mol. The van der Waals surface area contributed by atoms with Gasteiger partial charge in [0.1, 0.15) is 22.9 Å². The highest BCUT2D eigenvalue weighted by Gasteiger charge is 2.42. The Labute approximate surface area is 162 Å². The van der Waals surface area contributed by atoms with Gasteiger partial charge in [0.15, 0.2) is 0 Å². The lowest BCUT2D eigenvalue weighted by Gasteiger charge is -2.26. The topological polar surface area (TPSA) is 98.7 Å². The molecule has 28 heavy (non-hydrogen) atoms. The Bertz CT molecular complexity index is 997. The normalized spacial score (nSPS) is 15.7. The predicted octanol–water partition coefficient (Wildman–Crippen LogP) is 2.72. The number of aliphatic hydroxyl groups excluding tert-OH is 1. The SMILES string of the molecule is COc1ccc(C2c3c(-c4ccccc4O)n[nH]c3C(=O)N2CCCO)cc1. The van der Waals surface area contributed by atoms with E-state index < -0.39 is 0 Å². The Hall–Kier alpha value is -3.32. The van der Waals surface area contributed by atoms with Crippen LogP contribution in [0.2, 0.25) is 0 Å². The van der Waals surface area contributed by atoms with E-state index in [9.17, 15) is 15.0 Å². The van der Waals surface area contributed by atoms with Crippen LogP contribution in [0.15, 0.2) is 48.5 Å². The third-order valence-corrected chi connectivity index (χ3v) is 5.01. The number of ether oxygens (including phenoxy) is 1. The summed E-state index contributed by atoms with van der Waals surface area (Å²) >= 11 is 0. The molecule has 4 rings (SSSR count). The third-order valence-electron chi connectivity index (χ3n) is 5.01. The number of aromatic hydroxyl groups is 1. The van der Waals surface area contributed by atoms with E-state index in [1.165, 1.54) is 0 Å². The van der Waals surface area contributed by atoms with E-state index in [4.69, 9.17) is 4.74 Å². The van der Waals surface area contributed by atoms with Crippen molar-refractivity contribution in [3.63, 3.8) is 0 Å². The Morgan fingerprint density at radius 3 is 2.61 bits per heavy atom. The van der Waals surface area contributed by atoms with Crippen LogP contribution in [0.25, 0.3) is 11.3 Å². The van der Waals surface area contributed by atoms with Crippen LogP contribution in [0.4, 0.5) is 0 Å². The second-order valence-electron chi connectivity index (χ2n) is 6.63. The van der Waals surface area contributed by atoms with E-state index in [0.717, 1.165) is 16.9 Å². The first-order chi connectivity index (χ1) is 13.7. The van der Waals surface area contributed by atoms with Gasteiger partial charge in [-0.2, -0.15) is 5.10 Å². The van der Waals surface area contributed by atoms with Crippen LogP contribution in [0.5, 0.6) is 11.5 Å². The summed E-state index contributed by atoms with van der Waals surface area (Å²) < 4.78 is 5.24. The molecule has 1 aromatic heterocycles. The first kappa shape index (κ1) is 18.1. The molecule has 7 heteroatoms. The number of carbonyl (C=O) groups excluding carboxylic acids is 1. The molecule has 0 bridgehead atoms. The fourth-order valence-electron chi connectivity index (χ4n) is 3.68. The van der Waals surface area contributed by atoms with Gasteiger partial charge in [-0.1, -0.05) is 24.3 Å². The number of hydrogen-bond donors (Lipinski definition) is 3. The number of carbonyl (C=O) groups is 1. The minimum absolute atomic E-state index is 0.00235. The van der Waals surface area contributed by atoms with Gasteiger partial charge in [-0.25, -0.2) is 0 Å². The van der Waals surface area contributed by atoms with E-state index in [1.54, 1.807) is 30.2 Å². The van der Waals surface area contributed by atoms with E-state index >= 15 is 0 Å². The van der Waals surface area contributed by atoms with Crippen LogP contribution >= 0.6 is 0 Å². The summed E-state index contributed by atoms with van der Waals surface area (Å²) in [5, 5.41) is 26.8. The number of benzene rings is 2. The number of H-pyrrole nitrogens is 1. The van der Waals surface area contributed by atoms with Crippen molar-refractivity contribution in [2.45, 2.75) is 12.5 Å². The van der Waals surface area contributed by atoms with Crippen molar-refractivity contribution >= 4 is 5.91 Å². The molecule has 0 fully saturated rings. The number of phenolic OH excluding ortho intramolecular Hbond substituents is 1. The summed E-state index contributed by atoms with van der Waals surface area (Å²) in [5.41, 5.74) is 3.17. The Balaban J connectivity index is 1.86. The van der Waals surface area contributed by atoms with Gasteiger partial charge in [0.05, 0.1) is 13.2 Å². The van der Waals surface area contributed by atoms with Gasteiger partial charge < -0.3 is 19.8 Å². The van der Waals surface area contributed by atoms with Gasteiger partial charge >= 0.3 is 0 Å². The van der Waals surface area contributed by atoms with Gasteiger partial charge in [-0.05, 0) is 36.2 Å². The summed E-state index contributed by atoms with van der Waals surface area (Å²) in [4.78, 5) is 14.8. The lowest BCUT2D eigenvalue weighted by Crippen LogP contribution is -2.31. The second kappa shape index (κ2) is 7.36. The third kappa shape index (κ3) is 2.90. The first-order valence-corrected chi connectivity index (χ1v) is 9.08. The van der Waals surface area contributed by atoms with E-state index in [0.29, 0.717) is 29.9 Å². The number of rotatable bonds is 6. The van der Waals surface area contributed by atoms with Crippen molar-refractivity contribution in [2.24, 2.45) is 0 Å². The number of methoxy groups -OCH3 is 1. The molecule has 7 nitrogen and oxygen atoms in total. The molecule has 1 atom stereocenters. The molecule has 0 spiro atoms. The number of aromatic amines is 1. The zero-order valence-corrected chi connectivity index (χ0v) is 15.4. The maximum atomic E-state index is 13.0. The molecular weight excluding hydrogens is 358 g/mol. The zero-order chi connectivity index (χ0) is 19.7. The molecule has 1 unspecified atom stereocenters. The van der Waals surface area contributed by atoms with Crippen LogP contribution in [0.3, 0.4) is 0 Å². The molecular formula is C21H21N3O4. The Kier molecular flexibility index (Phi) is 4.75. The van der Waals surface area contributed by atoms with Crippen LogP contribution < -0.4 is 4.74 Å². The van der Waals surface area contributed by atoms with E-state index in [2.05, 4.69) is 10.2 Å². The van der Waals surface area contributed by atoms with E-state index in [-0.39, 0.29) is 24.3 Å². The summed E-state index contributed by atoms with van der Waals surface area (Å²) in [5.74, 6) is 0.660. The number of nitrogens with one attached hydrogen (secondary N) is 1. The van der Waals surface area contributed by atoms with Crippen molar-refractivity contribution in [3.8, 4) is 22.8 Å². The number of nitrogens with zero attached hydrogens (tertiary/aromatic N) is 2.